The normalized spacial score (nSPS) is 14.7. The second kappa shape index (κ2) is 10.3. The summed E-state index contributed by atoms with van der Waals surface area (Å²) in [7, 11) is 0. The molecule has 0 N–H and O–H groups in total. The number of hydrogen-bond acceptors (Lipinski definition) is 6. The highest BCUT2D eigenvalue weighted by Crippen LogP contribution is 2.34. The molecule has 0 radical (unpaired) electrons. The number of hydrogen-bond donors (Lipinski definition) is 0. The molecule has 2 aromatic heterocycles. The molecule has 2 aromatic carbocycles. The van der Waals surface area contributed by atoms with Crippen LogP contribution in [-0.2, 0) is 11.2 Å². The molecule has 6 nitrogen and oxygen atoms in total. The molecular weight excluding hydrogens is 502 g/mol. The van der Waals surface area contributed by atoms with E-state index in [4.69, 9.17) is 21.9 Å². The van der Waals surface area contributed by atoms with Crippen molar-refractivity contribution in [3.05, 3.63) is 110 Å². The topological polar surface area (TPSA) is 63.9 Å². The van der Waals surface area contributed by atoms with Gasteiger partial charge in [-0.15, -0.1) is 0 Å². The van der Waals surface area contributed by atoms with Crippen LogP contribution in [0.2, 0.25) is 0 Å². The minimum atomic E-state index is -0.317. The summed E-state index contributed by atoms with van der Waals surface area (Å²) >= 11 is 6.70. The maximum atomic E-state index is 13.6. The number of thiocarbonyl (C=S) groups is 1. The van der Waals surface area contributed by atoms with Gasteiger partial charge < -0.3 is 4.74 Å². The molecule has 4 aromatic rings. The lowest BCUT2D eigenvalue weighted by Crippen LogP contribution is -2.30. The number of benzene rings is 2. The molecule has 1 aliphatic heterocycles. The Morgan fingerprint density at radius 3 is 2.46 bits per heavy atom. The van der Waals surface area contributed by atoms with Gasteiger partial charge in [-0.2, -0.15) is 4.98 Å². The van der Waals surface area contributed by atoms with Gasteiger partial charge in [0.15, 0.2) is 0 Å². The Morgan fingerprint density at radius 2 is 1.73 bits per heavy atom. The molecule has 1 fully saturated rings. The minimum absolute atomic E-state index is 0.152. The predicted molar refractivity (Wildman–Crippen MR) is 152 cm³/mol. The molecule has 1 amide bonds. The number of fused-ring (bicyclic) bond motifs is 1. The van der Waals surface area contributed by atoms with Gasteiger partial charge in [-0.05, 0) is 73.7 Å². The highest BCUT2D eigenvalue weighted by Gasteiger charge is 2.32. The predicted octanol–water partition coefficient (Wildman–Crippen LogP) is 5.86. The van der Waals surface area contributed by atoms with Crippen molar-refractivity contribution in [1.29, 1.82) is 0 Å². The number of carbonyl (C=O) groups excluding carboxylic acids is 1. The van der Waals surface area contributed by atoms with Crippen LogP contribution in [0.4, 0.5) is 0 Å². The fourth-order valence-electron chi connectivity index (χ4n) is 4.31. The van der Waals surface area contributed by atoms with Crippen molar-refractivity contribution in [2.24, 2.45) is 0 Å². The third-order valence-electron chi connectivity index (χ3n) is 6.07. The molecule has 0 spiro atoms. The molecule has 186 valence electrons. The molecule has 3 heterocycles. The van der Waals surface area contributed by atoms with Crippen molar-refractivity contribution in [3.8, 4) is 11.6 Å². The minimum Gasteiger partial charge on any atom is -0.438 e. The van der Waals surface area contributed by atoms with E-state index in [2.05, 4.69) is 0 Å². The van der Waals surface area contributed by atoms with Crippen LogP contribution in [0, 0.1) is 20.8 Å². The summed E-state index contributed by atoms with van der Waals surface area (Å²) < 4.78 is 8.13. The zero-order chi connectivity index (χ0) is 26.1. The number of carbonyl (C=O) groups is 1. The molecule has 5 rings (SSSR count). The summed E-state index contributed by atoms with van der Waals surface area (Å²) in [4.78, 5) is 33.6. The molecular formula is C29H25N3O3S2. The van der Waals surface area contributed by atoms with E-state index in [9.17, 15) is 9.59 Å². The van der Waals surface area contributed by atoms with E-state index in [1.165, 1.54) is 16.2 Å². The van der Waals surface area contributed by atoms with Crippen LogP contribution in [0.15, 0.2) is 76.6 Å². The largest absolute Gasteiger partial charge is 0.438 e. The van der Waals surface area contributed by atoms with Crippen LogP contribution in [0.5, 0.6) is 11.6 Å². The number of nitrogens with zero attached hydrogens (tertiary/aromatic N) is 3. The molecule has 0 unspecified atom stereocenters. The van der Waals surface area contributed by atoms with Crippen molar-refractivity contribution >= 4 is 45.9 Å². The Morgan fingerprint density at radius 1 is 1.00 bits per heavy atom. The smallest absolute Gasteiger partial charge is 0.269 e. The number of ether oxygens (including phenoxy) is 1. The monoisotopic (exact) mass is 527 g/mol. The van der Waals surface area contributed by atoms with Crippen LogP contribution < -0.4 is 10.3 Å². The van der Waals surface area contributed by atoms with E-state index >= 15 is 0 Å². The van der Waals surface area contributed by atoms with Gasteiger partial charge in [0.05, 0.1) is 4.91 Å². The van der Waals surface area contributed by atoms with E-state index in [0.717, 1.165) is 22.3 Å². The van der Waals surface area contributed by atoms with E-state index in [0.29, 0.717) is 33.6 Å². The lowest BCUT2D eigenvalue weighted by Gasteiger charge is -2.14. The quantitative estimate of drug-likeness (QED) is 0.231. The number of amides is 1. The summed E-state index contributed by atoms with van der Waals surface area (Å²) in [5, 5.41) is 0. The van der Waals surface area contributed by atoms with E-state index < -0.39 is 0 Å². The maximum Gasteiger partial charge on any atom is 0.269 e. The van der Waals surface area contributed by atoms with Crippen LogP contribution in [0.3, 0.4) is 0 Å². The van der Waals surface area contributed by atoms with Crippen molar-refractivity contribution in [2.45, 2.75) is 27.2 Å². The Kier molecular flexibility index (Phi) is 6.95. The molecule has 8 heteroatoms. The molecule has 0 aliphatic carbocycles. The highest BCUT2D eigenvalue weighted by atomic mass is 32.2. The summed E-state index contributed by atoms with van der Waals surface area (Å²) in [6, 6.07) is 19.5. The number of aryl methyl sites for hydroxylation is 3. The van der Waals surface area contributed by atoms with Gasteiger partial charge in [-0.1, -0.05) is 66.4 Å². The summed E-state index contributed by atoms with van der Waals surface area (Å²) in [6.07, 6.45) is 3.91. The first-order valence-electron chi connectivity index (χ1n) is 11.9. The molecule has 1 aliphatic rings. The number of pyridine rings is 1. The fourth-order valence-corrected chi connectivity index (χ4v) is 5.60. The SMILES string of the molecule is Cc1cc(C)cc(Oc2nc3c(C)cccn3c(=O)c2/C=C2/SC(=S)N(CCc3ccccc3)C2=O)c1. The van der Waals surface area contributed by atoms with Crippen molar-refractivity contribution < 1.29 is 9.53 Å². The van der Waals surface area contributed by atoms with Crippen LogP contribution in [0.1, 0.15) is 27.8 Å². The lowest BCUT2D eigenvalue weighted by atomic mass is 10.1. The van der Waals surface area contributed by atoms with E-state index in [1.54, 1.807) is 23.2 Å². The zero-order valence-corrected chi connectivity index (χ0v) is 22.4. The molecule has 37 heavy (non-hydrogen) atoms. The van der Waals surface area contributed by atoms with Gasteiger partial charge in [-0.3, -0.25) is 18.9 Å². The second-order valence-corrected chi connectivity index (χ2v) is 10.7. The van der Waals surface area contributed by atoms with Crippen LogP contribution >= 0.6 is 24.0 Å². The number of rotatable bonds is 6. The lowest BCUT2D eigenvalue weighted by molar-refractivity contribution is -0.122. The third-order valence-corrected chi connectivity index (χ3v) is 7.45. The van der Waals surface area contributed by atoms with E-state index in [-0.39, 0.29) is 22.9 Å². The van der Waals surface area contributed by atoms with Crippen LogP contribution in [0.25, 0.3) is 11.7 Å². The molecule has 0 atom stereocenters. The van der Waals surface area contributed by atoms with Crippen LogP contribution in [-0.4, -0.2) is 31.1 Å². The third kappa shape index (κ3) is 5.21. The standard InChI is InChI=1S/C29H25N3O3S2/c1-18-14-19(2)16-22(15-18)35-26-23(27(33)31-12-7-8-20(3)25(31)30-26)17-24-28(34)32(29(36)37-24)13-11-21-9-5-4-6-10-21/h4-10,12,14-17H,11,13H2,1-3H3/b24-17+. The molecule has 0 bridgehead atoms. The first kappa shape index (κ1) is 24.9. The Labute approximate surface area is 224 Å². The second-order valence-electron chi connectivity index (χ2n) is 9.02. The van der Waals surface area contributed by atoms with Gasteiger partial charge in [-0.25, -0.2) is 0 Å². The van der Waals surface area contributed by atoms with Gasteiger partial charge in [0.25, 0.3) is 11.5 Å². The Bertz CT molecular complexity index is 1610. The summed E-state index contributed by atoms with van der Waals surface area (Å²) in [6.45, 7) is 6.31. The fraction of sp³-hybridized carbons (Fsp3) is 0.172. The van der Waals surface area contributed by atoms with Gasteiger partial charge in [0, 0.05) is 12.7 Å². The number of aromatic nitrogens is 2. The highest BCUT2D eigenvalue weighted by molar-refractivity contribution is 8.26. The first-order chi connectivity index (χ1) is 17.8. The summed E-state index contributed by atoms with van der Waals surface area (Å²) in [5.74, 6) is 0.503. The van der Waals surface area contributed by atoms with Crippen molar-refractivity contribution in [3.63, 3.8) is 0 Å². The Hall–Kier alpha value is -3.75. The summed E-state index contributed by atoms with van der Waals surface area (Å²) in [5.41, 5.74) is 4.41. The van der Waals surface area contributed by atoms with Gasteiger partial charge >= 0.3 is 0 Å². The zero-order valence-electron chi connectivity index (χ0n) is 20.7. The van der Waals surface area contributed by atoms with Gasteiger partial charge in [0.2, 0.25) is 5.88 Å². The average molecular weight is 528 g/mol. The maximum absolute atomic E-state index is 13.6. The number of thioether (sulfide) groups is 1. The average Bonchev–Trinajstić information content (AvgIpc) is 3.13. The van der Waals surface area contributed by atoms with E-state index in [1.807, 2.05) is 75.4 Å². The van der Waals surface area contributed by atoms with Crippen molar-refractivity contribution in [2.75, 3.05) is 6.54 Å². The van der Waals surface area contributed by atoms with Gasteiger partial charge in [0.1, 0.15) is 21.3 Å². The van der Waals surface area contributed by atoms with Crippen molar-refractivity contribution in [1.82, 2.24) is 14.3 Å². The first-order valence-corrected chi connectivity index (χ1v) is 13.1. The molecule has 1 saturated heterocycles. The molecule has 0 saturated carbocycles. The Balaban J connectivity index is 1.55.